The Balaban J connectivity index is 1.55. The number of benzene rings is 2. The molecule has 0 aliphatic carbocycles. The molecule has 0 spiro atoms. The third-order valence-corrected chi connectivity index (χ3v) is 5.24. The van der Waals surface area contributed by atoms with Gasteiger partial charge in [0.1, 0.15) is 5.69 Å². The first-order valence-corrected chi connectivity index (χ1v) is 9.06. The lowest BCUT2D eigenvalue weighted by molar-refractivity contribution is 0.0731. The first-order valence-electron chi connectivity index (χ1n) is 9.06. The summed E-state index contributed by atoms with van der Waals surface area (Å²) in [6, 6.07) is 17.2. The molecule has 1 atom stereocenters. The van der Waals surface area contributed by atoms with Crippen molar-refractivity contribution in [2.45, 2.75) is 39.2 Å². The molecule has 1 saturated heterocycles. The number of hydrogen-bond donors (Lipinski definition) is 1. The van der Waals surface area contributed by atoms with Crippen molar-refractivity contribution in [1.29, 1.82) is 0 Å². The van der Waals surface area contributed by atoms with Crippen LogP contribution in [0.2, 0.25) is 0 Å². The number of aromatic amines is 1. The molecule has 1 N–H and O–H groups in total. The van der Waals surface area contributed by atoms with Crippen molar-refractivity contribution in [2.75, 3.05) is 6.54 Å². The third-order valence-electron chi connectivity index (χ3n) is 5.24. The van der Waals surface area contributed by atoms with Gasteiger partial charge in [0.2, 0.25) is 0 Å². The molecule has 128 valence electrons. The van der Waals surface area contributed by atoms with Crippen molar-refractivity contribution in [3.8, 4) is 0 Å². The largest absolute Gasteiger partial charge is 0.351 e. The summed E-state index contributed by atoms with van der Waals surface area (Å²) in [4.78, 5) is 18.4. The molecule has 1 fully saturated rings. The van der Waals surface area contributed by atoms with E-state index in [4.69, 9.17) is 0 Å². The van der Waals surface area contributed by atoms with Gasteiger partial charge in [-0.15, -0.1) is 0 Å². The minimum atomic E-state index is 0.128. The Labute approximate surface area is 148 Å². The third kappa shape index (κ3) is 3.19. The van der Waals surface area contributed by atoms with Crippen molar-refractivity contribution in [2.24, 2.45) is 0 Å². The number of likely N-dealkylation sites (tertiary alicyclic amines) is 1. The number of rotatable bonds is 3. The van der Waals surface area contributed by atoms with E-state index in [9.17, 15) is 4.79 Å². The first kappa shape index (κ1) is 15.9. The lowest BCUT2D eigenvalue weighted by Gasteiger charge is -2.24. The topological polar surface area (TPSA) is 36.1 Å². The van der Waals surface area contributed by atoms with Crippen LogP contribution in [0.4, 0.5) is 0 Å². The summed E-state index contributed by atoms with van der Waals surface area (Å²) >= 11 is 0. The molecule has 1 aromatic heterocycles. The monoisotopic (exact) mass is 332 g/mol. The zero-order valence-electron chi connectivity index (χ0n) is 14.9. The number of carbonyl (C=O) groups is 1. The van der Waals surface area contributed by atoms with E-state index >= 15 is 0 Å². The molecule has 0 unspecified atom stereocenters. The number of aryl methyl sites for hydroxylation is 2. The van der Waals surface area contributed by atoms with E-state index in [1.807, 2.05) is 6.07 Å². The maximum absolute atomic E-state index is 13.1. The fraction of sp³-hybridized carbons (Fsp3) is 0.318. The van der Waals surface area contributed by atoms with Gasteiger partial charge in [0.25, 0.3) is 5.91 Å². The Hall–Kier alpha value is -2.55. The second kappa shape index (κ2) is 6.40. The van der Waals surface area contributed by atoms with E-state index < -0.39 is 0 Å². The smallest absolute Gasteiger partial charge is 0.270 e. The quantitative estimate of drug-likeness (QED) is 0.746. The van der Waals surface area contributed by atoms with Crippen LogP contribution in [0.1, 0.15) is 40.0 Å². The summed E-state index contributed by atoms with van der Waals surface area (Å²) < 4.78 is 0. The van der Waals surface area contributed by atoms with Gasteiger partial charge in [0.15, 0.2) is 0 Å². The minimum absolute atomic E-state index is 0.128. The van der Waals surface area contributed by atoms with Gasteiger partial charge in [0, 0.05) is 23.5 Å². The van der Waals surface area contributed by atoms with Gasteiger partial charge in [-0.2, -0.15) is 0 Å². The number of H-pyrrole nitrogens is 1. The van der Waals surface area contributed by atoms with Crippen LogP contribution in [0.25, 0.3) is 10.9 Å². The van der Waals surface area contributed by atoms with Crippen LogP contribution in [0.3, 0.4) is 0 Å². The molecule has 2 aromatic carbocycles. The maximum atomic E-state index is 13.1. The summed E-state index contributed by atoms with van der Waals surface area (Å²) in [7, 11) is 0. The van der Waals surface area contributed by atoms with Crippen LogP contribution in [0.15, 0.2) is 48.5 Å². The fourth-order valence-electron chi connectivity index (χ4n) is 3.82. The van der Waals surface area contributed by atoms with Gasteiger partial charge in [-0.3, -0.25) is 4.79 Å². The molecule has 0 radical (unpaired) electrons. The maximum Gasteiger partial charge on any atom is 0.270 e. The molecule has 0 saturated carbocycles. The van der Waals surface area contributed by atoms with E-state index in [0.29, 0.717) is 11.7 Å². The first-order chi connectivity index (χ1) is 12.1. The second-order valence-corrected chi connectivity index (χ2v) is 7.26. The van der Waals surface area contributed by atoms with Crippen molar-refractivity contribution in [1.82, 2.24) is 9.88 Å². The van der Waals surface area contributed by atoms with Crippen LogP contribution in [-0.2, 0) is 6.42 Å². The Kier molecular flexibility index (Phi) is 4.08. The lowest BCUT2D eigenvalue weighted by atomic mass is 10.0. The Morgan fingerprint density at radius 1 is 1.08 bits per heavy atom. The molecule has 1 aliphatic rings. The normalized spacial score (nSPS) is 17.4. The summed E-state index contributed by atoms with van der Waals surface area (Å²) in [5.74, 6) is 0.128. The summed E-state index contributed by atoms with van der Waals surface area (Å²) in [6.07, 6.45) is 3.10. The number of fused-ring (bicyclic) bond motifs is 1. The highest BCUT2D eigenvalue weighted by atomic mass is 16.2. The predicted octanol–water partition coefficient (Wildman–Crippen LogP) is 4.63. The minimum Gasteiger partial charge on any atom is -0.351 e. The number of nitrogens with zero attached hydrogens (tertiary/aromatic N) is 1. The fourth-order valence-corrected chi connectivity index (χ4v) is 3.82. The highest BCUT2D eigenvalue weighted by Crippen LogP contribution is 2.25. The number of hydrogen-bond acceptors (Lipinski definition) is 1. The lowest BCUT2D eigenvalue weighted by Crippen LogP contribution is -2.37. The summed E-state index contributed by atoms with van der Waals surface area (Å²) in [6.45, 7) is 5.02. The van der Waals surface area contributed by atoms with Gasteiger partial charge in [-0.1, -0.05) is 42.0 Å². The molecule has 4 rings (SSSR count). The molecule has 0 bridgehead atoms. The Bertz CT molecular complexity index is 907. The average Bonchev–Trinajstić information content (AvgIpc) is 3.22. The molecule has 2 heterocycles. The number of nitrogens with one attached hydrogen (secondary N) is 1. The zero-order chi connectivity index (χ0) is 17.4. The van der Waals surface area contributed by atoms with Crippen LogP contribution in [0, 0.1) is 13.8 Å². The van der Waals surface area contributed by atoms with Gasteiger partial charge in [-0.05, 0) is 56.4 Å². The van der Waals surface area contributed by atoms with Crippen molar-refractivity contribution >= 4 is 16.8 Å². The average molecular weight is 332 g/mol. The zero-order valence-corrected chi connectivity index (χ0v) is 14.9. The van der Waals surface area contributed by atoms with E-state index in [2.05, 4.69) is 66.2 Å². The molecule has 3 nitrogen and oxygen atoms in total. The molecule has 3 heteroatoms. The SMILES string of the molecule is Cc1ccc(C[C@H]2CCCN2C(=O)c2cc3ccc(C)cc3[nH]2)cc1. The molecular weight excluding hydrogens is 308 g/mol. The van der Waals surface area contributed by atoms with Crippen molar-refractivity contribution in [3.63, 3.8) is 0 Å². The van der Waals surface area contributed by atoms with Crippen LogP contribution in [0.5, 0.6) is 0 Å². The van der Waals surface area contributed by atoms with Gasteiger partial charge >= 0.3 is 0 Å². The standard InChI is InChI=1S/C22H24N2O/c1-15-5-8-17(9-6-15)13-19-4-3-11-24(19)22(25)21-14-18-10-7-16(2)12-20(18)23-21/h5-10,12,14,19,23H,3-4,11,13H2,1-2H3/t19-/m1/s1. The van der Waals surface area contributed by atoms with Crippen LogP contribution in [-0.4, -0.2) is 28.4 Å². The molecule has 1 aliphatic heterocycles. The van der Waals surface area contributed by atoms with Gasteiger partial charge in [-0.25, -0.2) is 0 Å². The molecule has 1 amide bonds. The number of carbonyl (C=O) groups excluding carboxylic acids is 1. The van der Waals surface area contributed by atoms with E-state index in [0.717, 1.165) is 36.7 Å². The molecule has 3 aromatic rings. The van der Waals surface area contributed by atoms with E-state index in [1.54, 1.807) is 0 Å². The van der Waals surface area contributed by atoms with E-state index in [-0.39, 0.29) is 5.91 Å². The van der Waals surface area contributed by atoms with Crippen molar-refractivity contribution < 1.29 is 4.79 Å². The van der Waals surface area contributed by atoms with E-state index in [1.165, 1.54) is 16.7 Å². The van der Waals surface area contributed by atoms with Crippen LogP contribution >= 0.6 is 0 Å². The number of amides is 1. The second-order valence-electron chi connectivity index (χ2n) is 7.26. The highest BCUT2D eigenvalue weighted by molar-refractivity contribution is 5.98. The Morgan fingerprint density at radius 2 is 1.84 bits per heavy atom. The van der Waals surface area contributed by atoms with Gasteiger partial charge in [0.05, 0.1) is 0 Å². The Morgan fingerprint density at radius 3 is 2.64 bits per heavy atom. The van der Waals surface area contributed by atoms with Crippen molar-refractivity contribution in [3.05, 3.63) is 70.9 Å². The predicted molar refractivity (Wildman–Crippen MR) is 102 cm³/mol. The highest BCUT2D eigenvalue weighted by Gasteiger charge is 2.30. The summed E-state index contributed by atoms with van der Waals surface area (Å²) in [5, 5.41) is 1.10. The molecular formula is C22H24N2O. The summed E-state index contributed by atoms with van der Waals surface area (Å²) in [5.41, 5.74) is 5.53. The number of aromatic nitrogens is 1. The molecule has 25 heavy (non-hydrogen) atoms. The van der Waals surface area contributed by atoms with Gasteiger partial charge < -0.3 is 9.88 Å². The van der Waals surface area contributed by atoms with Crippen LogP contribution < -0.4 is 0 Å².